The van der Waals surface area contributed by atoms with E-state index in [1.54, 1.807) is 42.5 Å². The minimum Gasteiger partial charge on any atom is -0.323 e. The van der Waals surface area contributed by atoms with E-state index in [0.29, 0.717) is 28.7 Å². The molecule has 0 aliphatic rings. The van der Waals surface area contributed by atoms with Gasteiger partial charge in [0.2, 0.25) is 5.82 Å². The Morgan fingerprint density at radius 2 is 2.04 bits per heavy atom. The van der Waals surface area contributed by atoms with E-state index in [0.717, 1.165) is 0 Å². The Morgan fingerprint density at radius 1 is 1.11 bits per heavy atom. The fraction of sp³-hybridized carbons (Fsp3) is 0.0588. The summed E-state index contributed by atoms with van der Waals surface area (Å²) in [6.45, 7) is 0. The number of anilines is 3. The number of hydrogen-bond donors (Lipinski definition) is 3. The number of aromatic nitrogens is 7. The average Bonchev–Trinajstić information content (AvgIpc) is 3.32. The molecular formula is C17H15N9O. The van der Waals surface area contributed by atoms with Crippen LogP contribution >= 0.6 is 0 Å². The Kier molecular flexibility index (Phi) is 4.27. The number of nitrogens with zero attached hydrogens (tertiary/aromatic N) is 6. The second-order valence-corrected chi connectivity index (χ2v) is 5.58. The molecule has 0 atom stereocenters. The standard InChI is InChI=1S/C17H15N9O/c1-26-10-12(15(25-26)11-4-2-3-7-18-11)21-17(27)16-19-8-5-13(23-16)22-14-6-9-20-24-14/h2-10H,1H3,(H,21,27)(H2,19,20,22,23,24). The van der Waals surface area contributed by atoms with Gasteiger partial charge in [0, 0.05) is 37.9 Å². The third-order valence-electron chi connectivity index (χ3n) is 3.60. The van der Waals surface area contributed by atoms with Crippen molar-refractivity contribution in [1.82, 2.24) is 34.9 Å². The molecule has 0 saturated carbocycles. The lowest BCUT2D eigenvalue weighted by Gasteiger charge is -2.06. The highest BCUT2D eigenvalue weighted by Crippen LogP contribution is 2.24. The van der Waals surface area contributed by atoms with E-state index in [2.05, 4.69) is 40.9 Å². The molecule has 0 unspecified atom stereocenters. The summed E-state index contributed by atoms with van der Waals surface area (Å²) in [6.07, 6.45) is 6.55. The van der Waals surface area contributed by atoms with Crippen LogP contribution in [-0.2, 0) is 7.05 Å². The third kappa shape index (κ3) is 3.63. The summed E-state index contributed by atoms with van der Waals surface area (Å²) < 4.78 is 1.61. The molecule has 3 N–H and O–H groups in total. The van der Waals surface area contributed by atoms with Crippen LogP contribution in [0.25, 0.3) is 11.4 Å². The van der Waals surface area contributed by atoms with Gasteiger partial charge in [-0.25, -0.2) is 9.97 Å². The van der Waals surface area contributed by atoms with E-state index in [4.69, 9.17) is 0 Å². The first kappa shape index (κ1) is 16.4. The second-order valence-electron chi connectivity index (χ2n) is 5.58. The zero-order valence-corrected chi connectivity index (χ0v) is 14.3. The highest BCUT2D eigenvalue weighted by Gasteiger charge is 2.17. The van der Waals surface area contributed by atoms with Crippen molar-refractivity contribution < 1.29 is 4.79 Å². The fourth-order valence-electron chi connectivity index (χ4n) is 2.45. The predicted molar refractivity (Wildman–Crippen MR) is 98.3 cm³/mol. The Balaban J connectivity index is 1.57. The Morgan fingerprint density at radius 3 is 2.81 bits per heavy atom. The van der Waals surface area contributed by atoms with E-state index in [9.17, 15) is 4.79 Å². The van der Waals surface area contributed by atoms with Gasteiger partial charge in [-0.3, -0.25) is 19.6 Å². The zero-order valence-electron chi connectivity index (χ0n) is 14.3. The van der Waals surface area contributed by atoms with Gasteiger partial charge in [-0.1, -0.05) is 6.07 Å². The first-order chi connectivity index (χ1) is 13.2. The molecule has 4 aromatic heterocycles. The number of aryl methyl sites for hydroxylation is 1. The quantitative estimate of drug-likeness (QED) is 0.496. The monoisotopic (exact) mass is 361 g/mol. The molecule has 0 bridgehead atoms. The van der Waals surface area contributed by atoms with E-state index < -0.39 is 5.91 Å². The second kappa shape index (κ2) is 7.04. The van der Waals surface area contributed by atoms with Crippen molar-refractivity contribution in [2.45, 2.75) is 0 Å². The highest BCUT2D eigenvalue weighted by molar-refractivity contribution is 6.03. The number of pyridine rings is 1. The van der Waals surface area contributed by atoms with Gasteiger partial charge >= 0.3 is 0 Å². The molecule has 0 aromatic carbocycles. The lowest BCUT2D eigenvalue weighted by atomic mass is 10.2. The molecule has 10 heteroatoms. The van der Waals surface area contributed by atoms with E-state index in [1.807, 2.05) is 18.2 Å². The van der Waals surface area contributed by atoms with Gasteiger partial charge in [0.1, 0.15) is 11.5 Å². The zero-order chi connectivity index (χ0) is 18.6. The minimum atomic E-state index is -0.453. The molecule has 134 valence electrons. The summed E-state index contributed by atoms with van der Waals surface area (Å²) in [4.78, 5) is 25.2. The van der Waals surface area contributed by atoms with Crippen molar-refractivity contribution in [1.29, 1.82) is 0 Å². The van der Waals surface area contributed by atoms with Gasteiger partial charge in [0.25, 0.3) is 5.91 Å². The van der Waals surface area contributed by atoms with Gasteiger partial charge in [-0.2, -0.15) is 10.2 Å². The van der Waals surface area contributed by atoms with Crippen LogP contribution in [0.1, 0.15) is 10.6 Å². The largest absolute Gasteiger partial charge is 0.323 e. The first-order valence-electron chi connectivity index (χ1n) is 8.05. The molecule has 0 fully saturated rings. The van der Waals surface area contributed by atoms with Crippen LogP contribution in [0.5, 0.6) is 0 Å². The fourth-order valence-corrected chi connectivity index (χ4v) is 2.45. The van der Waals surface area contributed by atoms with Crippen LogP contribution in [0, 0.1) is 0 Å². The summed E-state index contributed by atoms with van der Waals surface area (Å²) in [5.41, 5.74) is 1.75. The van der Waals surface area contributed by atoms with Crippen LogP contribution in [0.15, 0.2) is 55.1 Å². The maximum Gasteiger partial charge on any atom is 0.293 e. The molecule has 0 spiro atoms. The Hall–Kier alpha value is -4.08. The van der Waals surface area contributed by atoms with Gasteiger partial charge in [-0.05, 0) is 18.2 Å². The van der Waals surface area contributed by atoms with E-state index in [1.165, 1.54) is 6.20 Å². The van der Waals surface area contributed by atoms with Crippen LogP contribution < -0.4 is 10.6 Å². The number of rotatable bonds is 5. The number of aromatic amines is 1. The van der Waals surface area contributed by atoms with Crippen molar-refractivity contribution >= 4 is 23.2 Å². The van der Waals surface area contributed by atoms with Crippen LogP contribution in [0.3, 0.4) is 0 Å². The summed E-state index contributed by atoms with van der Waals surface area (Å²) in [5, 5.41) is 16.8. The molecule has 1 amide bonds. The molecule has 0 saturated heterocycles. The first-order valence-corrected chi connectivity index (χ1v) is 8.05. The van der Waals surface area contributed by atoms with Crippen LogP contribution in [0.4, 0.5) is 17.3 Å². The normalized spacial score (nSPS) is 10.6. The summed E-state index contributed by atoms with van der Waals surface area (Å²) in [5.74, 6) is 0.611. The van der Waals surface area contributed by atoms with Gasteiger partial charge < -0.3 is 10.6 Å². The maximum atomic E-state index is 12.6. The summed E-state index contributed by atoms with van der Waals surface area (Å²) >= 11 is 0. The number of carbonyl (C=O) groups is 1. The van der Waals surface area contributed by atoms with E-state index >= 15 is 0 Å². The molecule has 10 nitrogen and oxygen atoms in total. The third-order valence-corrected chi connectivity index (χ3v) is 3.60. The number of carbonyl (C=O) groups excluding carboxylic acids is 1. The molecule has 4 heterocycles. The summed E-state index contributed by atoms with van der Waals surface area (Å²) in [7, 11) is 1.77. The van der Waals surface area contributed by atoms with E-state index in [-0.39, 0.29) is 5.82 Å². The smallest absolute Gasteiger partial charge is 0.293 e. The highest BCUT2D eigenvalue weighted by atomic mass is 16.2. The van der Waals surface area contributed by atoms with Crippen molar-refractivity contribution in [2.24, 2.45) is 7.05 Å². The topological polar surface area (TPSA) is 126 Å². The predicted octanol–water partition coefficient (Wildman–Crippen LogP) is 1.99. The van der Waals surface area contributed by atoms with Crippen molar-refractivity contribution in [3.8, 4) is 11.4 Å². The average molecular weight is 361 g/mol. The molecule has 0 aliphatic heterocycles. The van der Waals surface area contributed by atoms with Crippen molar-refractivity contribution in [3.05, 3.63) is 60.9 Å². The number of nitrogens with one attached hydrogen (secondary N) is 3. The van der Waals surface area contributed by atoms with Gasteiger partial charge in [0.05, 0.1) is 11.4 Å². The number of hydrogen-bond acceptors (Lipinski definition) is 7. The molecule has 27 heavy (non-hydrogen) atoms. The lowest BCUT2D eigenvalue weighted by Crippen LogP contribution is -2.16. The molecule has 4 aromatic rings. The van der Waals surface area contributed by atoms with Crippen LogP contribution in [0.2, 0.25) is 0 Å². The SMILES string of the molecule is Cn1cc(NC(=O)c2nccc(Nc3cc[nH]n3)n2)c(-c2ccccn2)n1. The molecular weight excluding hydrogens is 346 g/mol. The minimum absolute atomic E-state index is 0.0198. The molecule has 0 radical (unpaired) electrons. The van der Waals surface area contributed by atoms with Crippen molar-refractivity contribution in [3.63, 3.8) is 0 Å². The Bertz CT molecular complexity index is 1060. The summed E-state index contributed by atoms with van der Waals surface area (Å²) in [6, 6.07) is 8.89. The lowest BCUT2D eigenvalue weighted by molar-refractivity contribution is 0.101. The van der Waals surface area contributed by atoms with Gasteiger partial charge in [0.15, 0.2) is 5.82 Å². The van der Waals surface area contributed by atoms with Gasteiger partial charge in [-0.15, -0.1) is 0 Å². The number of amides is 1. The molecule has 4 rings (SSSR count). The van der Waals surface area contributed by atoms with Crippen LogP contribution in [-0.4, -0.2) is 40.8 Å². The number of H-pyrrole nitrogens is 1. The van der Waals surface area contributed by atoms with Crippen molar-refractivity contribution in [2.75, 3.05) is 10.6 Å². The maximum absolute atomic E-state index is 12.6. The molecule has 0 aliphatic carbocycles. The Labute approximate surface area is 153 Å².